The topological polar surface area (TPSA) is 40.5 Å². The van der Waals surface area contributed by atoms with Crippen LogP contribution >= 0.6 is 0 Å². The molecule has 0 bridgehead atoms. The molecule has 0 amide bonds. The van der Waals surface area contributed by atoms with Gasteiger partial charge in [0.15, 0.2) is 0 Å². The minimum atomic E-state index is -0.872. The fourth-order valence-electron chi connectivity index (χ4n) is 3.05. The van der Waals surface area contributed by atoms with Gasteiger partial charge in [0.05, 0.1) is 5.60 Å². The van der Waals surface area contributed by atoms with Gasteiger partial charge in [0.1, 0.15) is 5.75 Å². The Morgan fingerprint density at radius 1 is 1.22 bits per heavy atom. The predicted molar refractivity (Wildman–Crippen MR) is 71.5 cm³/mol. The Morgan fingerprint density at radius 3 is 2.44 bits per heavy atom. The van der Waals surface area contributed by atoms with Crippen molar-refractivity contribution in [2.24, 2.45) is 11.8 Å². The predicted octanol–water partition coefficient (Wildman–Crippen LogP) is 3.52. The second kappa shape index (κ2) is 3.99. The van der Waals surface area contributed by atoms with Crippen LogP contribution in [0.25, 0.3) is 0 Å². The molecule has 0 heterocycles. The number of rotatable bonds is 4. The second-order valence-corrected chi connectivity index (χ2v) is 6.29. The Balaban J connectivity index is 1.97. The third-order valence-electron chi connectivity index (χ3n) is 4.80. The van der Waals surface area contributed by atoms with Crippen LogP contribution in [0.1, 0.15) is 56.6 Å². The Morgan fingerprint density at radius 2 is 1.89 bits per heavy atom. The van der Waals surface area contributed by atoms with Crippen molar-refractivity contribution in [3.8, 4) is 5.75 Å². The van der Waals surface area contributed by atoms with Crippen molar-refractivity contribution in [2.45, 2.75) is 51.0 Å². The van der Waals surface area contributed by atoms with E-state index in [9.17, 15) is 10.2 Å². The smallest absolute Gasteiger partial charge is 0.125 e. The maximum Gasteiger partial charge on any atom is 0.125 e. The van der Waals surface area contributed by atoms with Crippen LogP contribution in [0.15, 0.2) is 18.2 Å². The molecule has 0 radical (unpaired) electrons. The van der Waals surface area contributed by atoms with Gasteiger partial charge < -0.3 is 10.2 Å². The molecule has 2 aliphatic rings. The molecule has 2 fully saturated rings. The summed E-state index contributed by atoms with van der Waals surface area (Å²) in [5.74, 6) is 1.76. The molecule has 0 aromatic heterocycles. The number of aromatic hydroxyl groups is 1. The van der Waals surface area contributed by atoms with Gasteiger partial charge in [-0.2, -0.15) is 0 Å². The Kier molecular flexibility index (Phi) is 2.67. The number of phenolic OH excluding ortho intramolecular Hbond substituents is 1. The van der Waals surface area contributed by atoms with E-state index in [2.05, 4.69) is 6.92 Å². The van der Waals surface area contributed by atoms with Gasteiger partial charge in [0.2, 0.25) is 0 Å². The molecule has 1 aromatic rings. The largest absolute Gasteiger partial charge is 0.507 e. The number of para-hydroxylation sites is 1. The summed E-state index contributed by atoms with van der Waals surface area (Å²) in [6.07, 6.45) is 4.66. The number of aliphatic hydroxyl groups is 1. The highest BCUT2D eigenvalue weighted by molar-refractivity contribution is 5.46. The van der Waals surface area contributed by atoms with E-state index in [0.717, 1.165) is 29.9 Å². The first-order chi connectivity index (χ1) is 8.51. The van der Waals surface area contributed by atoms with Gasteiger partial charge >= 0.3 is 0 Å². The molecule has 2 heteroatoms. The van der Waals surface area contributed by atoms with Gasteiger partial charge in [-0.05, 0) is 55.9 Å². The van der Waals surface area contributed by atoms with Crippen molar-refractivity contribution < 1.29 is 10.2 Å². The average molecular weight is 246 g/mol. The first-order valence-electron chi connectivity index (χ1n) is 7.06. The van der Waals surface area contributed by atoms with E-state index in [-0.39, 0.29) is 0 Å². The van der Waals surface area contributed by atoms with Crippen molar-refractivity contribution in [1.29, 1.82) is 0 Å². The molecule has 3 rings (SSSR count). The SMILES string of the molecule is CC(c1cccc(C(C)(O)C2CC2)c1O)C1CC1. The number of hydrogen-bond donors (Lipinski definition) is 2. The Labute approximate surface area is 109 Å². The van der Waals surface area contributed by atoms with Crippen LogP contribution in [0.2, 0.25) is 0 Å². The van der Waals surface area contributed by atoms with E-state index >= 15 is 0 Å². The summed E-state index contributed by atoms with van der Waals surface area (Å²) in [5, 5.41) is 21.1. The number of benzene rings is 1. The standard InChI is InChI=1S/C16H22O2/c1-10(11-6-7-11)13-4-3-5-14(15(13)17)16(2,18)12-8-9-12/h3-5,10-12,17-18H,6-9H2,1-2H3. The molecular formula is C16H22O2. The highest BCUT2D eigenvalue weighted by Crippen LogP contribution is 2.51. The van der Waals surface area contributed by atoms with E-state index in [1.807, 2.05) is 25.1 Å². The Hall–Kier alpha value is -1.02. The monoisotopic (exact) mass is 246 g/mol. The molecule has 2 saturated carbocycles. The lowest BCUT2D eigenvalue weighted by atomic mass is 9.85. The van der Waals surface area contributed by atoms with E-state index in [1.54, 1.807) is 0 Å². The molecule has 2 N–H and O–H groups in total. The molecule has 2 nitrogen and oxygen atoms in total. The van der Waals surface area contributed by atoms with E-state index in [4.69, 9.17) is 0 Å². The van der Waals surface area contributed by atoms with Crippen LogP contribution in [0.4, 0.5) is 0 Å². The maximum atomic E-state index is 10.6. The molecule has 2 aliphatic carbocycles. The van der Waals surface area contributed by atoms with E-state index < -0.39 is 5.60 Å². The summed E-state index contributed by atoms with van der Waals surface area (Å²) in [4.78, 5) is 0. The summed E-state index contributed by atoms with van der Waals surface area (Å²) in [7, 11) is 0. The number of phenols is 1. The third-order valence-corrected chi connectivity index (χ3v) is 4.80. The fraction of sp³-hybridized carbons (Fsp3) is 0.625. The lowest BCUT2D eigenvalue weighted by Gasteiger charge is -2.26. The van der Waals surface area contributed by atoms with Gasteiger partial charge in [-0.15, -0.1) is 0 Å². The van der Waals surface area contributed by atoms with Crippen molar-refractivity contribution in [2.75, 3.05) is 0 Å². The molecule has 0 spiro atoms. The highest BCUT2D eigenvalue weighted by Gasteiger charge is 2.43. The van der Waals surface area contributed by atoms with Crippen LogP contribution in [-0.4, -0.2) is 10.2 Å². The second-order valence-electron chi connectivity index (χ2n) is 6.29. The summed E-state index contributed by atoms with van der Waals surface area (Å²) < 4.78 is 0. The van der Waals surface area contributed by atoms with Crippen LogP contribution in [0.5, 0.6) is 5.75 Å². The van der Waals surface area contributed by atoms with Crippen LogP contribution in [0, 0.1) is 11.8 Å². The van der Waals surface area contributed by atoms with Gasteiger partial charge in [0.25, 0.3) is 0 Å². The fourth-order valence-corrected chi connectivity index (χ4v) is 3.05. The van der Waals surface area contributed by atoms with Crippen molar-refractivity contribution in [3.05, 3.63) is 29.3 Å². The molecule has 98 valence electrons. The van der Waals surface area contributed by atoms with Gasteiger partial charge in [-0.25, -0.2) is 0 Å². The minimum Gasteiger partial charge on any atom is -0.507 e. The summed E-state index contributed by atoms with van der Waals surface area (Å²) in [6, 6.07) is 5.85. The van der Waals surface area contributed by atoms with E-state index in [1.165, 1.54) is 12.8 Å². The van der Waals surface area contributed by atoms with Crippen LogP contribution in [-0.2, 0) is 5.60 Å². The minimum absolute atomic E-state index is 0.315. The van der Waals surface area contributed by atoms with Gasteiger partial charge in [0, 0.05) is 5.56 Å². The van der Waals surface area contributed by atoms with Crippen molar-refractivity contribution in [3.63, 3.8) is 0 Å². The summed E-state index contributed by atoms with van der Waals surface area (Å²) in [6.45, 7) is 4.02. The maximum absolute atomic E-state index is 10.6. The normalized spacial score (nSPS) is 24.6. The first kappa shape index (κ1) is 12.0. The van der Waals surface area contributed by atoms with Crippen molar-refractivity contribution >= 4 is 0 Å². The molecule has 1 aromatic carbocycles. The number of hydrogen-bond acceptors (Lipinski definition) is 2. The molecule has 2 atom stereocenters. The van der Waals surface area contributed by atoms with Crippen LogP contribution < -0.4 is 0 Å². The molecule has 0 saturated heterocycles. The van der Waals surface area contributed by atoms with E-state index in [0.29, 0.717) is 17.6 Å². The summed E-state index contributed by atoms with van der Waals surface area (Å²) >= 11 is 0. The Bertz CT molecular complexity index is 456. The lowest BCUT2D eigenvalue weighted by molar-refractivity contribution is 0.0306. The zero-order valence-corrected chi connectivity index (χ0v) is 11.2. The van der Waals surface area contributed by atoms with Gasteiger partial charge in [-0.3, -0.25) is 0 Å². The molecule has 2 unspecified atom stereocenters. The quantitative estimate of drug-likeness (QED) is 0.853. The average Bonchev–Trinajstić information content (AvgIpc) is 3.19. The highest BCUT2D eigenvalue weighted by atomic mass is 16.3. The van der Waals surface area contributed by atoms with Crippen LogP contribution in [0.3, 0.4) is 0 Å². The molecule has 0 aliphatic heterocycles. The zero-order valence-electron chi connectivity index (χ0n) is 11.2. The zero-order chi connectivity index (χ0) is 12.9. The van der Waals surface area contributed by atoms with Gasteiger partial charge in [-0.1, -0.05) is 25.1 Å². The third kappa shape index (κ3) is 1.93. The molecular weight excluding hydrogens is 224 g/mol. The first-order valence-corrected chi connectivity index (χ1v) is 7.06. The summed E-state index contributed by atoms with van der Waals surface area (Å²) in [5.41, 5.74) is 0.856. The molecule has 18 heavy (non-hydrogen) atoms. The lowest BCUT2D eigenvalue weighted by Crippen LogP contribution is -2.24. The van der Waals surface area contributed by atoms with Crippen molar-refractivity contribution in [1.82, 2.24) is 0 Å².